The van der Waals surface area contributed by atoms with E-state index in [2.05, 4.69) is 4.98 Å². The van der Waals surface area contributed by atoms with Gasteiger partial charge in [-0.15, -0.1) is 0 Å². The molecule has 2 aromatic rings. The van der Waals surface area contributed by atoms with Crippen molar-refractivity contribution in [2.75, 3.05) is 6.61 Å². The number of halogens is 3. The number of hydrogen-bond acceptors (Lipinski definition) is 3. The number of ether oxygens (including phenoxy) is 1. The maximum Gasteiger partial charge on any atom is 0.449 e. The Hall–Kier alpha value is -1.47. The summed E-state index contributed by atoms with van der Waals surface area (Å²) in [6, 6.07) is 7.66. The molecule has 0 saturated heterocycles. The number of hydrogen-bond donors (Lipinski definition) is 0. The number of thioether (sulfide) groups is 1. The van der Waals surface area contributed by atoms with Gasteiger partial charge in [0.1, 0.15) is 6.23 Å². The van der Waals surface area contributed by atoms with Gasteiger partial charge in [-0.05, 0) is 19.4 Å². The molecule has 3 nitrogen and oxygen atoms in total. The van der Waals surface area contributed by atoms with E-state index in [0.717, 1.165) is 16.8 Å². The zero-order valence-electron chi connectivity index (χ0n) is 12.1. The van der Waals surface area contributed by atoms with Crippen molar-refractivity contribution in [2.24, 2.45) is 0 Å². The van der Waals surface area contributed by atoms with E-state index in [1.165, 1.54) is 0 Å². The van der Waals surface area contributed by atoms with Crippen LogP contribution in [0.5, 0.6) is 0 Å². The van der Waals surface area contributed by atoms with E-state index < -0.39 is 11.7 Å². The normalized spacial score (nSPS) is 14.8. The van der Waals surface area contributed by atoms with Gasteiger partial charge < -0.3 is 4.74 Å². The average Bonchev–Trinajstić information content (AvgIpc) is 2.92. The van der Waals surface area contributed by atoms with Crippen molar-refractivity contribution in [3.63, 3.8) is 0 Å². The molecule has 7 heteroatoms. The van der Waals surface area contributed by atoms with Gasteiger partial charge >= 0.3 is 5.51 Å². The second-order valence-corrected chi connectivity index (χ2v) is 6.03. The third kappa shape index (κ3) is 2.75. The molecule has 118 valence electrons. The fourth-order valence-electron chi connectivity index (χ4n) is 2.78. The SMILES string of the molecule is CCOC(C)n1c(SC(F)(F)F)nc2c1Cc1ccccc1-2. The number of alkyl halides is 3. The Morgan fingerprint density at radius 1 is 1.36 bits per heavy atom. The highest BCUT2D eigenvalue weighted by Gasteiger charge is 2.36. The summed E-state index contributed by atoms with van der Waals surface area (Å²) in [6.45, 7) is 3.99. The first-order chi connectivity index (χ1) is 10.4. The largest absolute Gasteiger partial charge is 0.449 e. The predicted octanol–water partition coefficient (Wildman–Crippen LogP) is 4.62. The first-order valence-corrected chi connectivity index (χ1v) is 7.79. The topological polar surface area (TPSA) is 27.1 Å². The molecule has 1 unspecified atom stereocenters. The second kappa shape index (κ2) is 5.62. The third-order valence-corrected chi connectivity index (χ3v) is 4.29. The number of rotatable bonds is 4. The third-order valence-electron chi connectivity index (χ3n) is 3.59. The van der Waals surface area contributed by atoms with Gasteiger partial charge in [0.05, 0.1) is 11.4 Å². The zero-order valence-corrected chi connectivity index (χ0v) is 13.0. The van der Waals surface area contributed by atoms with Crippen molar-refractivity contribution in [2.45, 2.75) is 37.2 Å². The van der Waals surface area contributed by atoms with Crippen LogP contribution in [-0.2, 0) is 11.2 Å². The number of benzene rings is 1. The van der Waals surface area contributed by atoms with Crippen molar-refractivity contribution in [3.05, 3.63) is 35.5 Å². The standard InChI is InChI=1S/C15H15F3N2OS/c1-3-21-9(2)20-12-8-10-6-4-5-7-11(10)13(12)19-14(20)22-15(16,17)18/h4-7,9H,3,8H2,1-2H3. The molecule has 0 aliphatic heterocycles. The lowest BCUT2D eigenvalue weighted by Crippen LogP contribution is -2.15. The van der Waals surface area contributed by atoms with Crippen molar-refractivity contribution in [1.82, 2.24) is 9.55 Å². The van der Waals surface area contributed by atoms with Crippen LogP contribution in [0.4, 0.5) is 13.2 Å². The molecule has 22 heavy (non-hydrogen) atoms. The molecular weight excluding hydrogens is 313 g/mol. The van der Waals surface area contributed by atoms with E-state index >= 15 is 0 Å². The van der Waals surface area contributed by atoms with Gasteiger partial charge in [-0.3, -0.25) is 4.57 Å². The van der Waals surface area contributed by atoms with Crippen LogP contribution in [0.15, 0.2) is 29.4 Å². The van der Waals surface area contributed by atoms with Crippen molar-refractivity contribution in [1.29, 1.82) is 0 Å². The minimum atomic E-state index is -4.37. The molecule has 0 N–H and O–H groups in total. The summed E-state index contributed by atoms with van der Waals surface area (Å²) in [5.74, 6) is 0. The molecule has 3 rings (SSSR count). The quantitative estimate of drug-likeness (QED) is 0.654. The van der Waals surface area contributed by atoms with E-state index in [4.69, 9.17) is 4.74 Å². The molecule has 0 saturated carbocycles. The maximum atomic E-state index is 12.8. The van der Waals surface area contributed by atoms with E-state index in [0.29, 0.717) is 18.7 Å². The van der Waals surface area contributed by atoms with Crippen LogP contribution in [0, 0.1) is 0 Å². The van der Waals surface area contributed by atoms with Gasteiger partial charge in [-0.1, -0.05) is 24.3 Å². The van der Waals surface area contributed by atoms with Gasteiger partial charge in [0.15, 0.2) is 5.16 Å². The van der Waals surface area contributed by atoms with Crippen LogP contribution in [0.2, 0.25) is 0 Å². The fraction of sp³-hybridized carbons (Fsp3) is 0.400. The van der Waals surface area contributed by atoms with Crippen LogP contribution in [-0.4, -0.2) is 21.7 Å². The first-order valence-electron chi connectivity index (χ1n) is 6.97. The Labute approximate surface area is 130 Å². The van der Waals surface area contributed by atoms with Crippen LogP contribution >= 0.6 is 11.8 Å². The molecule has 0 amide bonds. The molecule has 1 aliphatic carbocycles. The van der Waals surface area contributed by atoms with Gasteiger partial charge in [-0.25, -0.2) is 4.98 Å². The highest BCUT2D eigenvalue weighted by Crippen LogP contribution is 2.44. The van der Waals surface area contributed by atoms with Crippen LogP contribution < -0.4 is 0 Å². The predicted molar refractivity (Wildman–Crippen MR) is 78.7 cm³/mol. The Bertz CT molecular complexity index is 697. The Morgan fingerprint density at radius 2 is 2.09 bits per heavy atom. The Morgan fingerprint density at radius 3 is 2.77 bits per heavy atom. The van der Waals surface area contributed by atoms with Crippen molar-refractivity contribution in [3.8, 4) is 11.3 Å². The molecule has 1 aliphatic rings. The molecule has 1 atom stereocenters. The smallest absolute Gasteiger partial charge is 0.359 e. The average molecular weight is 328 g/mol. The number of aromatic nitrogens is 2. The minimum absolute atomic E-state index is 0.0621. The number of fused-ring (bicyclic) bond motifs is 3. The molecule has 0 fully saturated rings. The highest BCUT2D eigenvalue weighted by molar-refractivity contribution is 8.00. The van der Waals surface area contributed by atoms with Gasteiger partial charge in [-0.2, -0.15) is 13.2 Å². The summed E-state index contributed by atoms with van der Waals surface area (Å²) >= 11 is -0.188. The van der Waals surface area contributed by atoms with Crippen LogP contribution in [0.25, 0.3) is 11.3 Å². The van der Waals surface area contributed by atoms with Crippen LogP contribution in [0.1, 0.15) is 31.3 Å². The molecule has 1 aromatic heterocycles. The van der Waals surface area contributed by atoms with E-state index in [1.54, 1.807) is 11.5 Å². The first kappa shape index (κ1) is 15.4. The van der Waals surface area contributed by atoms with E-state index in [9.17, 15) is 13.2 Å². The minimum Gasteiger partial charge on any atom is -0.359 e. The summed E-state index contributed by atoms with van der Waals surface area (Å²) in [5, 5.41) is -0.0621. The lowest BCUT2D eigenvalue weighted by molar-refractivity contribution is -0.0339. The molecule has 0 radical (unpaired) electrons. The van der Waals surface area contributed by atoms with Gasteiger partial charge in [0.25, 0.3) is 0 Å². The van der Waals surface area contributed by atoms with E-state index in [1.807, 2.05) is 31.2 Å². The summed E-state index contributed by atoms with van der Waals surface area (Å²) in [6.07, 6.45) is 0.0920. The lowest BCUT2D eigenvalue weighted by atomic mass is 10.1. The maximum absolute atomic E-state index is 12.8. The number of nitrogens with zero attached hydrogens (tertiary/aromatic N) is 2. The second-order valence-electron chi connectivity index (χ2n) is 5.00. The Kier molecular flexibility index (Phi) is 3.94. The number of imidazole rings is 1. The van der Waals surface area contributed by atoms with Crippen molar-refractivity contribution >= 4 is 11.8 Å². The van der Waals surface area contributed by atoms with Gasteiger partial charge in [0.2, 0.25) is 0 Å². The van der Waals surface area contributed by atoms with Crippen LogP contribution in [0.3, 0.4) is 0 Å². The Balaban J connectivity index is 2.09. The molecule has 0 bridgehead atoms. The molecule has 0 spiro atoms. The molecular formula is C15H15F3N2OS. The fourth-order valence-corrected chi connectivity index (χ4v) is 3.48. The summed E-state index contributed by atoms with van der Waals surface area (Å²) in [4.78, 5) is 4.25. The summed E-state index contributed by atoms with van der Waals surface area (Å²) in [7, 11) is 0. The monoisotopic (exact) mass is 328 g/mol. The molecule has 1 aromatic carbocycles. The lowest BCUT2D eigenvalue weighted by Gasteiger charge is -2.19. The zero-order chi connectivity index (χ0) is 15.9. The van der Waals surface area contributed by atoms with Crippen molar-refractivity contribution < 1.29 is 17.9 Å². The summed E-state index contributed by atoms with van der Waals surface area (Å²) < 4.78 is 45.5. The molecule has 1 heterocycles. The van der Waals surface area contributed by atoms with E-state index in [-0.39, 0.29) is 16.9 Å². The van der Waals surface area contributed by atoms with Gasteiger partial charge in [0, 0.05) is 30.4 Å². The highest BCUT2D eigenvalue weighted by atomic mass is 32.2. The summed E-state index contributed by atoms with van der Waals surface area (Å²) in [5.41, 5.74) is -0.963.